The zero-order chi connectivity index (χ0) is 19.9. The van der Waals surface area contributed by atoms with Crippen LogP contribution >= 0.6 is 0 Å². The number of carbonyl (C=O) groups excluding carboxylic acids is 1. The number of hydrogen-bond donors (Lipinski definition) is 3. The molecule has 1 aromatic heterocycles. The number of benzene rings is 2. The molecular formula is C24H31N3O. The molecule has 0 radical (unpaired) electrons. The Morgan fingerprint density at radius 3 is 2.54 bits per heavy atom. The van der Waals surface area contributed by atoms with E-state index >= 15 is 0 Å². The molecule has 0 aliphatic carbocycles. The van der Waals surface area contributed by atoms with Crippen LogP contribution in [0.15, 0.2) is 54.7 Å². The number of amides is 1. The average Bonchev–Trinajstić information content (AvgIpc) is 3.11. The lowest BCUT2D eigenvalue weighted by atomic mass is 9.95. The number of rotatable bonds is 9. The van der Waals surface area contributed by atoms with Crippen molar-refractivity contribution in [3.8, 4) is 0 Å². The lowest BCUT2D eigenvalue weighted by molar-refractivity contribution is -0.120. The molecule has 0 fully saturated rings. The maximum Gasteiger partial charge on any atom is 0.233 e. The van der Waals surface area contributed by atoms with E-state index in [-0.39, 0.29) is 11.9 Å². The normalized spacial score (nSPS) is 12.4. The number of hydrogen-bond acceptors (Lipinski definition) is 2. The minimum Gasteiger partial charge on any atom is -0.361 e. The first-order valence-corrected chi connectivity index (χ1v) is 10.2. The van der Waals surface area contributed by atoms with Gasteiger partial charge in [0.1, 0.15) is 0 Å². The number of para-hydroxylation sites is 1. The summed E-state index contributed by atoms with van der Waals surface area (Å²) in [6, 6.07) is 17.1. The van der Waals surface area contributed by atoms with Gasteiger partial charge in [-0.1, -0.05) is 63.2 Å². The minimum atomic E-state index is 0.0377. The molecule has 4 heteroatoms. The van der Waals surface area contributed by atoms with Gasteiger partial charge in [-0.05, 0) is 41.5 Å². The first-order chi connectivity index (χ1) is 13.6. The molecule has 1 amide bonds. The molecule has 2 aromatic carbocycles. The Labute approximate surface area is 167 Å². The van der Waals surface area contributed by atoms with Crippen molar-refractivity contribution in [3.05, 3.63) is 71.4 Å². The Morgan fingerprint density at radius 1 is 1.07 bits per heavy atom. The summed E-state index contributed by atoms with van der Waals surface area (Å²) in [5.74, 6) is 0.446. The highest BCUT2D eigenvalue weighted by Crippen LogP contribution is 2.22. The topological polar surface area (TPSA) is 56.9 Å². The van der Waals surface area contributed by atoms with Crippen LogP contribution in [0.25, 0.3) is 10.9 Å². The van der Waals surface area contributed by atoms with Crippen LogP contribution in [0.1, 0.15) is 43.5 Å². The van der Waals surface area contributed by atoms with Crippen LogP contribution < -0.4 is 10.6 Å². The Morgan fingerprint density at radius 2 is 1.82 bits per heavy atom. The van der Waals surface area contributed by atoms with Crippen LogP contribution in [-0.2, 0) is 17.6 Å². The molecule has 0 aliphatic rings. The smallest absolute Gasteiger partial charge is 0.233 e. The van der Waals surface area contributed by atoms with Gasteiger partial charge in [0.25, 0.3) is 0 Å². The van der Waals surface area contributed by atoms with Crippen LogP contribution in [0.4, 0.5) is 0 Å². The van der Waals surface area contributed by atoms with E-state index in [1.54, 1.807) is 0 Å². The van der Waals surface area contributed by atoms with Crippen molar-refractivity contribution in [1.82, 2.24) is 15.6 Å². The molecule has 0 bridgehead atoms. The molecule has 3 N–H and O–H groups in total. The molecule has 0 unspecified atom stereocenters. The highest BCUT2D eigenvalue weighted by molar-refractivity contribution is 5.83. The van der Waals surface area contributed by atoms with Gasteiger partial charge in [-0.15, -0.1) is 0 Å². The average molecular weight is 378 g/mol. The monoisotopic (exact) mass is 377 g/mol. The molecule has 3 aromatic rings. The minimum absolute atomic E-state index is 0.0377. The van der Waals surface area contributed by atoms with Crippen molar-refractivity contribution in [1.29, 1.82) is 0 Å². The van der Waals surface area contributed by atoms with Gasteiger partial charge in [-0.2, -0.15) is 0 Å². The van der Waals surface area contributed by atoms with Gasteiger partial charge in [-0.25, -0.2) is 0 Å². The van der Waals surface area contributed by atoms with Gasteiger partial charge in [-0.3, -0.25) is 4.79 Å². The highest BCUT2D eigenvalue weighted by Gasteiger charge is 2.16. The van der Waals surface area contributed by atoms with Gasteiger partial charge in [0.15, 0.2) is 0 Å². The standard InChI is InChI=1S/C24H31N3O/c1-4-18-9-11-19(12-10-18)24(17(2)3)27-16-23(28)25-14-13-20-15-26-22-8-6-5-7-21(20)22/h5-12,15,17,24,26-27H,4,13-14,16H2,1-3H3,(H,25,28)/t24-/m0/s1. The highest BCUT2D eigenvalue weighted by atomic mass is 16.1. The summed E-state index contributed by atoms with van der Waals surface area (Å²) in [6.07, 6.45) is 3.89. The van der Waals surface area contributed by atoms with Gasteiger partial charge >= 0.3 is 0 Å². The van der Waals surface area contributed by atoms with E-state index < -0.39 is 0 Å². The lowest BCUT2D eigenvalue weighted by Gasteiger charge is -2.23. The number of aromatic nitrogens is 1. The fourth-order valence-electron chi connectivity index (χ4n) is 3.64. The first kappa shape index (κ1) is 20.2. The van der Waals surface area contributed by atoms with Gasteiger partial charge < -0.3 is 15.6 Å². The van der Waals surface area contributed by atoms with Crippen LogP contribution in [0, 0.1) is 5.92 Å². The van der Waals surface area contributed by atoms with Gasteiger partial charge in [0.2, 0.25) is 5.91 Å². The Balaban J connectivity index is 1.49. The number of aryl methyl sites for hydroxylation is 1. The zero-order valence-electron chi connectivity index (χ0n) is 17.1. The number of fused-ring (bicyclic) bond motifs is 1. The summed E-state index contributed by atoms with van der Waals surface area (Å²) < 4.78 is 0. The van der Waals surface area contributed by atoms with Crippen LogP contribution in [-0.4, -0.2) is 24.0 Å². The molecule has 0 spiro atoms. The SMILES string of the molecule is CCc1ccc([C@@H](NCC(=O)NCCc2c[nH]c3ccccc23)C(C)C)cc1. The molecule has 28 heavy (non-hydrogen) atoms. The van der Waals surface area contributed by atoms with Crippen LogP contribution in [0.2, 0.25) is 0 Å². The molecular weight excluding hydrogens is 346 g/mol. The maximum atomic E-state index is 12.3. The molecule has 4 nitrogen and oxygen atoms in total. The molecule has 0 saturated heterocycles. The molecule has 3 rings (SSSR count). The van der Waals surface area contributed by atoms with Gasteiger partial charge in [0, 0.05) is 29.7 Å². The summed E-state index contributed by atoms with van der Waals surface area (Å²) in [4.78, 5) is 15.6. The molecule has 1 heterocycles. The van der Waals surface area contributed by atoms with E-state index in [2.05, 4.69) is 72.8 Å². The third kappa shape index (κ3) is 5.02. The quantitative estimate of drug-likeness (QED) is 0.518. The second-order valence-electron chi connectivity index (χ2n) is 7.66. The summed E-state index contributed by atoms with van der Waals surface area (Å²) in [5, 5.41) is 7.69. The van der Waals surface area contributed by atoms with Crippen molar-refractivity contribution in [2.45, 2.75) is 39.7 Å². The second kappa shape index (κ2) is 9.56. The predicted molar refractivity (Wildman–Crippen MR) is 116 cm³/mol. The van der Waals surface area contributed by atoms with Crippen molar-refractivity contribution >= 4 is 16.8 Å². The van der Waals surface area contributed by atoms with Crippen molar-refractivity contribution < 1.29 is 4.79 Å². The van der Waals surface area contributed by atoms with E-state index in [4.69, 9.17) is 0 Å². The largest absolute Gasteiger partial charge is 0.361 e. The fraction of sp³-hybridized carbons (Fsp3) is 0.375. The number of aromatic amines is 1. The summed E-state index contributed by atoms with van der Waals surface area (Å²) >= 11 is 0. The third-order valence-electron chi connectivity index (χ3n) is 5.29. The van der Waals surface area contributed by atoms with Gasteiger partial charge in [0.05, 0.1) is 6.54 Å². The summed E-state index contributed by atoms with van der Waals surface area (Å²) in [5.41, 5.74) is 4.94. The van der Waals surface area contributed by atoms with Crippen molar-refractivity contribution in [2.75, 3.05) is 13.1 Å². The molecule has 1 atom stereocenters. The van der Waals surface area contributed by atoms with E-state index in [1.165, 1.54) is 22.1 Å². The van der Waals surface area contributed by atoms with E-state index in [1.807, 2.05) is 18.3 Å². The molecule has 0 aliphatic heterocycles. The number of H-pyrrole nitrogens is 1. The number of carbonyl (C=O) groups is 1. The van der Waals surface area contributed by atoms with Crippen molar-refractivity contribution in [3.63, 3.8) is 0 Å². The Kier molecular flexibility index (Phi) is 6.88. The predicted octanol–water partition coefficient (Wildman–Crippen LogP) is 4.38. The Hall–Kier alpha value is -2.59. The van der Waals surface area contributed by atoms with Crippen molar-refractivity contribution in [2.24, 2.45) is 5.92 Å². The third-order valence-corrected chi connectivity index (χ3v) is 5.29. The lowest BCUT2D eigenvalue weighted by Crippen LogP contribution is -2.38. The Bertz CT molecular complexity index is 896. The summed E-state index contributed by atoms with van der Waals surface area (Å²) in [6.45, 7) is 7.49. The van der Waals surface area contributed by atoms with E-state index in [0.717, 1.165) is 18.4 Å². The molecule has 0 saturated carbocycles. The summed E-state index contributed by atoms with van der Waals surface area (Å²) in [7, 11) is 0. The fourth-order valence-corrected chi connectivity index (χ4v) is 3.64. The van der Waals surface area contributed by atoms with E-state index in [9.17, 15) is 4.79 Å². The van der Waals surface area contributed by atoms with Crippen LogP contribution in [0.3, 0.4) is 0 Å². The van der Waals surface area contributed by atoms with Crippen LogP contribution in [0.5, 0.6) is 0 Å². The first-order valence-electron chi connectivity index (χ1n) is 10.2. The van der Waals surface area contributed by atoms with E-state index in [0.29, 0.717) is 19.0 Å². The zero-order valence-corrected chi connectivity index (χ0v) is 17.1. The molecule has 148 valence electrons. The number of nitrogens with one attached hydrogen (secondary N) is 3. The maximum absolute atomic E-state index is 12.3. The second-order valence-corrected chi connectivity index (χ2v) is 7.66.